The van der Waals surface area contributed by atoms with Crippen molar-refractivity contribution in [2.75, 3.05) is 7.11 Å². The molecule has 9 nitrogen and oxygen atoms in total. The first-order valence-electron chi connectivity index (χ1n) is 11.4. The lowest BCUT2D eigenvalue weighted by atomic mass is 10.1. The molecule has 1 aromatic carbocycles. The molecule has 0 aliphatic heterocycles. The molecule has 1 amide bonds. The van der Waals surface area contributed by atoms with Crippen LogP contribution in [0, 0.1) is 6.92 Å². The fourth-order valence-electron chi connectivity index (χ4n) is 4.02. The molecule has 0 radical (unpaired) electrons. The maximum Gasteiger partial charge on any atom is 0.387 e. The highest BCUT2D eigenvalue weighted by Gasteiger charge is 2.29. The SMILES string of the molecule is COc1cc(-c2cnc3cc(OCc4cc(C)nn4C)ccn23)cc(OC(F)F)c1C(=O)NC1CC1. The number of ether oxygens (including phenoxy) is 3. The van der Waals surface area contributed by atoms with Gasteiger partial charge in [-0.15, -0.1) is 0 Å². The Labute approximate surface area is 205 Å². The van der Waals surface area contributed by atoms with Gasteiger partial charge in [0.25, 0.3) is 5.91 Å². The van der Waals surface area contributed by atoms with E-state index in [-0.39, 0.29) is 23.1 Å². The fourth-order valence-corrected chi connectivity index (χ4v) is 4.02. The van der Waals surface area contributed by atoms with Crippen molar-refractivity contribution in [2.24, 2.45) is 7.05 Å². The van der Waals surface area contributed by atoms with Crippen molar-refractivity contribution in [1.82, 2.24) is 24.5 Å². The Bertz CT molecular complexity index is 1430. The lowest BCUT2D eigenvalue weighted by Gasteiger charge is -2.16. The van der Waals surface area contributed by atoms with Crippen LogP contribution in [0.3, 0.4) is 0 Å². The molecule has 3 aromatic heterocycles. The third-order valence-electron chi connectivity index (χ3n) is 5.91. The fraction of sp³-hybridized carbons (Fsp3) is 0.320. The van der Waals surface area contributed by atoms with E-state index in [2.05, 4.69) is 15.4 Å². The summed E-state index contributed by atoms with van der Waals surface area (Å²) in [7, 11) is 3.23. The molecule has 1 aliphatic carbocycles. The third kappa shape index (κ3) is 4.81. The standard InChI is InChI=1S/C25H25F2N5O4/c1-14-8-17(31(2)30-14)13-35-18-6-7-32-19(12-28-22(32)11-18)15-9-20(34-3)23(21(10-15)36-25(26)27)24(33)29-16-4-5-16/h6-12,16,25H,4-5,13H2,1-3H3,(H,29,33). The van der Waals surface area contributed by atoms with Gasteiger partial charge in [-0.2, -0.15) is 13.9 Å². The monoisotopic (exact) mass is 497 g/mol. The maximum absolute atomic E-state index is 13.2. The van der Waals surface area contributed by atoms with Crippen LogP contribution in [-0.4, -0.2) is 44.8 Å². The minimum absolute atomic E-state index is 0.0402. The molecule has 0 bridgehead atoms. The summed E-state index contributed by atoms with van der Waals surface area (Å²) < 4.78 is 46.1. The number of nitrogens with one attached hydrogen (secondary N) is 1. The van der Waals surface area contributed by atoms with Gasteiger partial charge < -0.3 is 19.5 Å². The number of aryl methyl sites for hydroxylation is 2. The molecular weight excluding hydrogens is 472 g/mol. The van der Waals surface area contributed by atoms with E-state index >= 15 is 0 Å². The van der Waals surface area contributed by atoms with Crippen LogP contribution in [-0.2, 0) is 13.7 Å². The molecule has 1 N–H and O–H groups in total. The van der Waals surface area contributed by atoms with Gasteiger partial charge >= 0.3 is 6.61 Å². The number of methoxy groups -OCH3 is 1. The topological polar surface area (TPSA) is 91.9 Å². The van der Waals surface area contributed by atoms with E-state index in [4.69, 9.17) is 14.2 Å². The van der Waals surface area contributed by atoms with E-state index in [0.717, 1.165) is 24.2 Å². The molecule has 1 aliphatic rings. The number of nitrogens with zero attached hydrogens (tertiary/aromatic N) is 4. The number of hydrogen-bond donors (Lipinski definition) is 1. The summed E-state index contributed by atoms with van der Waals surface area (Å²) in [6.45, 7) is -0.847. The van der Waals surface area contributed by atoms with Crippen molar-refractivity contribution in [1.29, 1.82) is 0 Å². The van der Waals surface area contributed by atoms with Gasteiger partial charge in [0.1, 0.15) is 35.1 Å². The molecular formula is C25H25F2N5O4. The second-order valence-electron chi connectivity index (χ2n) is 8.60. The first-order chi connectivity index (χ1) is 17.3. The zero-order valence-corrected chi connectivity index (χ0v) is 20.0. The van der Waals surface area contributed by atoms with Gasteiger partial charge in [0.05, 0.1) is 30.4 Å². The average Bonchev–Trinajstić information content (AvgIpc) is 3.45. The number of imidazole rings is 1. The zero-order chi connectivity index (χ0) is 25.4. The predicted molar refractivity (Wildman–Crippen MR) is 127 cm³/mol. The Hall–Kier alpha value is -4.15. The lowest BCUT2D eigenvalue weighted by Crippen LogP contribution is -2.26. The van der Waals surface area contributed by atoms with Crippen LogP contribution in [0.5, 0.6) is 17.2 Å². The van der Waals surface area contributed by atoms with Crippen LogP contribution in [0.2, 0.25) is 0 Å². The van der Waals surface area contributed by atoms with Crippen LogP contribution in [0.4, 0.5) is 8.78 Å². The molecule has 11 heteroatoms. The summed E-state index contributed by atoms with van der Waals surface area (Å²) in [6.07, 6.45) is 5.09. The molecule has 0 saturated heterocycles. The minimum Gasteiger partial charge on any atom is -0.496 e. The molecule has 1 fully saturated rings. The van der Waals surface area contributed by atoms with Crippen molar-refractivity contribution in [3.05, 3.63) is 59.7 Å². The Kier molecular flexibility index (Phi) is 6.21. The highest BCUT2D eigenvalue weighted by Crippen LogP contribution is 2.37. The summed E-state index contributed by atoms with van der Waals surface area (Å²) in [4.78, 5) is 17.2. The number of amides is 1. The van der Waals surface area contributed by atoms with E-state index in [1.165, 1.54) is 13.2 Å². The molecule has 0 spiro atoms. The smallest absolute Gasteiger partial charge is 0.387 e. The van der Waals surface area contributed by atoms with Crippen LogP contribution in [0.15, 0.2) is 42.7 Å². The number of carbonyl (C=O) groups is 1. The molecule has 5 rings (SSSR count). The van der Waals surface area contributed by atoms with Gasteiger partial charge in [0.2, 0.25) is 0 Å². The summed E-state index contributed by atoms with van der Waals surface area (Å²) >= 11 is 0. The number of benzene rings is 1. The predicted octanol–water partition coefficient (Wildman–Crippen LogP) is 4.12. The summed E-state index contributed by atoms with van der Waals surface area (Å²) in [5, 5.41) is 7.11. The Morgan fingerprint density at radius 3 is 2.67 bits per heavy atom. The van der Waals surface area contributed by atoms with Gasteiger partial charge in [-0.05, 0) is 44.0 Å². The third-order valence-corrected chi connectivity index (χ3v) is 5.91. The van der Waals surface area contributed by atoms with E-state index in [0.29, 0.717) is 29.3 Å². The Morgan fingerprint density at radius 2 is 2.00 bits per heavy atom. The molecule has 1 saturated carbocycles. The van der Waals surface area contributed by atoms with E-state index < -0.39 is 12.5 Å². The molecule has 3 heterocycles. The highest BCUT2D eigenvalue weighted by atomic mass is 19.3. The van der Waals surface area contributed by atoms with Crippen LogP contribution >= 0.6 is 0 Å². The molecule has 188 valence electrons. The number of hydrogen-bond acceptors (Lipinski definition) is 6. The van der Waals surface area contributed by atoms with Gasteiger partial charge in [-0.3, -0.25) is 13.9 Å². The lowest BCUT2D eigenvalue weighted by molar-refractivity contribution is -0.0502. The highest BCUT2D eigenvalue weighted by molar-refractivity contribution is 6.01. The van der Waals surface area contributed by atoms with E-state index in [1.54, 1.807) is 39.7 Å². The second kappa shape index (κ2) is 9.48. The van der Waals surface area contributed by atoms with Gasteiger partial charge in [0, 0.05) is 30.9 Å². The molecule has 4 aromatic rings. The quantitative estimate of drug-likeness (QED) is 0.374. The number of carbonyl (C=O) groups excluding carboxylic acids is 1. The number of rotatable bonds is 9. The maximum atomic E-state index is 13.2. The normalized spacial score (nSPS) is 13.3. The Balaban J connectivity index is 1.47. The zero-order valence-electron chi connectivity index (χ0n) is 20.0. The van der Waals surface area contributed by atoms with Gasteiger partial charge in [-0.25, -0.2) is 4.98 Å². The minimum atomic E-state index is -3.11. The first kappa shape index (κ1) is 23.6. The van der Waals surface area contributed by atoms with Crippen molar-refractivity contribution in [3.8, 4) is 28.5 Å². The largest absolute Gasteiger partial charge is 0.496 e. The number of halogens is 2. The summed E-state index contributed by atoms with van der Waals surface area (Å²) in [5.41, 5.74) is 3.47. The summed E-state index contributed by atoms with van der Waals surface area (Å²) in [5.74, 6) is -0.0356. The number of pyridine rings is 1. The van der Waals surface area contributed by atoms with Crippen molar-refractivity contribution >= 4 is 11.6 Å². The number of fused-ring (bicyclic) bond motifs is 1. The van der Waals surface area contributed by atoms with E-state index in [1.807, 2.05) is 20.0 Å². The number of alkyl halides is 2. The van der Waals surface area contributed by atoms with Crippen molar-refractivity contribution in [2.45, 2.75) is 39.0 Å². The molecule has 36 heavy (non-hydrogen) atoms. The Morgan fingerprint density at radius 1 is 1.22 bits per heavy atom. The van der Waals surface area contributed by atoms with Crippen LogP contribution in [0.1, 0.15) is 34.6 Å². The molecule has 0 atom stereocenters. The second-order valence-corrected chi connectivity index (χ2v) is 8.60. The van der Waals surface area contributed by atoms with Crippen LogP contribution < -0.4 is 19.5 Å². The van der Waals surface area contributed by atoms with Crippen LogP contribution in [0.25, 0.3) is 16.9 Å². The van der Waals surface area contributed by atoms with Gasteiger partial charge in [0.15, 0.2) is 0 Å². The number of aromatic nitrogens is 4. The van der Waals surface area contributed by atoms with Crippen molar-refractivity contribution < 1.29 is 27.8 Å². The van der Waals surface area contributed by atoms with Gasteiger partial charge in [-0.1, -0.05) is 0 Å². The van der Waals surface area contributed by atoms with E-state index in [9.17, 15) is 13.6 Å². The first-order valence-corrected chi connectivity index (χ1v) is 11.4. The van der Waals surface area contributed by atoms with Crippen molar-refractivity contribution in [3.63, 3.8) is 0 Å². The molecule has 0 unspecified atom stereocenters. The summed E-state index contributed by atoms with van der Waals surface area (Å²) in [6, 6.07) is 8.56. The average molecular weight is 498 g/mol.